The molecule has 1 unspecified atom stereocenters. The molecular formula is C17H27NO3. The molecule has 0 aliphatic heterocycles. The lowest BCUT2D eigenvalue weighted by Gasteiger charge is -2.18. The number of hydrogen-bond donors (Lipinski definition) is 1. The Bertz CT molecular complexity index is 403. The summed E-state index contributed by atoms with van der Waals surface area (Å²) in [5, 5.41) is 3.43. The van der Waals surface area contributed by atoms with E-state index in [1.54, 1.807) is 7.11 Å². The minimum Gasteiger partial charge on any atom is -0.466 e. The summed E-state index contributed by atoms with van der Waals surface area (Å²) < 4.78 is 10.1. The number of methoxy groups -OCH3 is 1. The molecule has 0 saturated heterocycles. The first-order valence-electron chi connectivity index (χ1n) is 7.59. The first-order chi connectivity index (χ1) is 10.2. The van der Waals surface area contributed by atoms with Gasteiger partial charge in [-0.25, -0.2) is 0 Å². The highest BCUT2D eigenvalue weighted by atomic mass is 16.5. The van der Waals surface area contributed by atoms with E-state index in [9.17, 15) is 4.79 Å². The third-order valence-corrected chi connectivity index (χ3v) is 3.28. The Morgan fingerprint density at radius 3 is 2.62 bits per heavy atom. The molecule has 0 spiro atoms. The van der Waals surface area contributed by atoms with E-state index in [2.05, 4.69) is 36.5 Å². The molecule has 0 aliphatic rings. The van der Waals surface area contributed by atoms with Crippen LogP contribution in [0.4, 0.5) is 0 Å². The van der Waals surface area contributed by atoms with Crippen LogP contribution < -0.4 is 5.32 Å². The Labute approximate surface area is 127 Å². The average Bonchev–Trinajstić information content (AvgIpc) is 2.46. The number of esters is 1. The summed E-state index contributed by atoms with van der Waals surface area (Å²) in [6.07, 6.45) is 2.16. The molecule has 4 nitrogen and oxygen atoms in total. The predicted octanol–water partition coefficient (Wildman–Crippen LogP) is 2.49. The van der Waals surface area contributed by atoms with Gasteiger partial charge in [0.15, 0.2) is 0 Å². The molecule has 1 atom stereocenters. The molecule has 1 aromatic carbocycles. The maximum absolute atomic E-state index is 11.7. The normalized spacial score (nSPS) is 12.1. The summed E-state index contributed by atoms with van der Waals surface area (Å²) in [6.45, 7) is 5.90. The summed E-state index contributed by atoms with van der Waals surface area (Å²) in [5.41, 5.74) is 2.47. The van der Waals surface area contributed by atoms with Gasteiger partial charge in [0.2, 0.25) is 0 Å². The third kappa shape index (κ3) is 7.83. The Morgan fingerprint density at radius 2 is 2.00 bits per heavy atom. The standard InChI is InChI=1S/C17H27NO3/c1-4-21-17(19)13-16(18-10-5-11-20-3)12-15-8-6-14(2)7-9-15/h6-9,16,18H,4-5,10-13H2,1-3H3. The van der Waals surface area contributed by atoms with Crippen molar-refractivity contribution in [2.45, 2.75) is 39.2 Å². The molecule has 21 heavy (non-hydrogen) atoms. The van der Waals surface area contributed by atoms with Crippen molar-refractivity contribution < 1.29 is 14.3 Å². The molecule has 0 fully saturated rings. The summed E-state index contributed by atoms with van der Waals surface area (Å²) in [6, 6.07) is 8.53. The van der Waals surface area contributed by atoms with E-state index in [0.717, 1.165) is 26.0 Å². The van der Waals surface area contributed by atoms with Crippen LogP contribution in [0.1, 0.15) is 30.9 Å². The molecule has 0 saturated carbocycles. The molecule has 0 bridgehead atoms. The number of aryl methyl sites for hydroxylation is 1. The molecule has 1 N–H and O–H groups in total. The van der Waals surface area contributed by atoms with Gasteiger partial charge in [-0.15, -0.1) is 0 Å². The van der Waals surface area contributed by atoms with Gasteiger partial charge in [-0.05, 0) is 38.8 Å². The molecule has 0 heterocycles. The fourth-order valence-electron chi connectivity index (χ4n) is 2.17. The van der Waals surface area contributed by atoms with Crippen LogP contribution in [0.5, 0.6) is 0 Å². The molecule has 4 heteroatoms. The molecule has 0 amide bonds. The van der Waals surface area contributed by atoms with Crippen molar-refractivity contribution in [2.75, 3.05) is 26.9 Å². The summed E-state index contributed by atoms with van der Waals surface area (Å²) >= 11 is 0. The van der Waals surface area contributed by atoms with Gasteiger partial charge in [-0.2, -0.15) is 0 Å². The molecule has 1 aromatic rings. The number of nitrogens with one attached hydrogen (secondary N) is 1. The zero-order valence-corrected chi connectivity index (χ0v) is 13.4. The van der Waals surface area contributed by atoms with Gasteiger partial charge >= 0.3 is 5.97 Å². The van der Waals surface area contributed by atoms with Crippen LogP contribution in [0, 0.1) is 6.92 Å². The maximum atomic E-state index is 11.7. The summed E-state index contributed by atoms with van der Waals surface area (Å²) in [7, 11) is 1.70. The molecule has 0 aliphatic carbocycles. The third-order valence-electron chi connectivity index (χ3n) is 3.28. The van der Waals surface area contributed by atoms with Gasteiger partial charge < -0.3 is 14.8 Å². The Morgan fingerprint density at radius 1 is 1.29 bits per heavy atom. The second-order valence-electron chi connectivity index (χ2n) is 5.20. The van der Waals surface area contributed by atoms with Gasteiger partial charge in [0.05, 0.1) is 13.0 Å². The van der Waals surface area contributed by atoms with Gasteiger partial charge in [-0.3, -0.25) is 4.79 Å². The number of ether oxygens (including phenoxy) is 2. The van der Waals surface area contributed by atoms with E-state index in [-0.39, 0.29) is 12.0 Å². The SMILES string of the molecule is CCOC(=O)CC(Cc1ccc(C)cc1)NCCCOC. The van der Waals surface area contributed by atoms with E-state index < -0.39 is 0 Å². The maximum Gasteiger partial charge on any atom is 0.307 e. The first-order valence-corrected chi connectivity index (χ1v) is 7.59. The largest absolute Gasteiger partial charge is 0.466 e. The lowest BCUT2D eigenvalue weighted by Crippen LogP contribution is -2.35. The van der Waals surface area contributed by atoms with Crippen LogP contribution in [0.2, 0.25) is 0 Å². The Kier molecular flexibility index (Phi) is 8.71. The molecular weight excluding hydrogens is 266 g/mol. The molecule has 1 rings (SSSR count). The summed E-state index contributed by atoms with van der Waals surface area (Å²) in [4.78, 5) is 11.7. The van der Waals surface area contributed by atoms with Crippen molar-refractivity contribution in [3.8, 4) is 0 Å². The smallest absolute Gasteiger partial charge is 0.307 e. The minimum absolute atomic E-state index is 0.101. The predicted molar refractivity (Wildman–Crippen MR) is 84.4 cm³/mol. The second kappa shape index (κ2) is 10.4. The number of rotatable bonds is 10. The van der Waals surface area contributed by atoms with Crippen molar-refractivity contribution >= 4 is 5.97 Å². The van der Waals surface area contributed by atoms with Crippen LogP contribution in [0.3, 0.4) is 0 Å². The van der Waals surface area contributed by atoms with E-state index in [0.29, 0.717) is 13.0 Å². The number of benzene rings is 1. The van der Waals surface area contributed by atoms with Crippen LogP contribution >= 0.6 is 0 Å². The quantitative estimate of drug-likeness (QED) is 0.532. The van der Waals surface area contributed by atoms with Crippen LogP contribution in [-0.4, -0.2) is 38.9 Å². The highest BCUT2D eigenvalue weighted by molar-refractivity contribution is 5.70. The molecule has 118 valence electrons. The fraction of sp³-hybridized carbons (Fsp3) is 0.588. The van der Waals surface area contributed by atoms with Crippen molar-refractivity contribution in [3.63, 3.8) is 0 Å². The topological polar surface area (TPSA) is 47.6 Å². The lowest BCUT2D eigenvalue weighted by atomic mass is 10.0. The highest BCUT2D eigenvalue weighted by Crippen LogP contribution is 2.09. The highest BCUT2D eigenvalue weighted by Gasteiger charge is 2.14. The van der Waals surface area contributed by atoms with Gasteiger partial charge in [0.1, 0.15) is 0 Å². The lowest BCUT2D eigenvalue weighted by molar-refractivity contribution is -0.143. The van der Waals surface area contributed by atoms with Gasteiger partial charge in [0, 0.05) is 19.8 Å². The van der Waals surface area contributed by atoms with E-state index >= 15 is 0 Å². The van der Waals surface area contributed by atoms with Crippen molar-refractivity contribution in [1.29, 1.82) is 0 Å². The van der Waals surface area contributed by atoms with E-state index in [1.807, 2.05) is 6.92 Å². The fourth-order valence-corrected chi connectivity index (χ4v) is 2.17. The first kappa shape index (κ1) is 17.7. The number of hydrogen-bond acceptors (Lipinski definition) is 4. The molecule has 0 aromatic heterocycles. The Balaban J connectivity index is 2.53. The zero-order chi connectivity index (χ0) is 15.5. The number of carbonyl (C=O) groups excluding carboxylic acids is 1. The van der Waals surface area contributed by atoms with Crippen molar-refractivity contribution in [1.82, 2.24) is 5.32 Å². The van der Waals surface area contributed by atoms with Crippen LogP contribution in [0.15, 0.2) is 24.3 Å². The molecule has 0 radical (unpaired) electrons. The summed E-state index contributed by atoms with van der Waals surface area (Å²) in [5.74, 6) is -0.145. The van der Waals surface area contributed by atoms with Crippen LogP contribution in [-0.2, 0) is 20.7 Å². The number of carbonyl (C=O) groups is 1. The van der Waals surface area contributed by atoms with Crippen molar-refractivity contribution in [2.24, 2.45) is 0 Å². The minimum atomic E-state index is -0.145. The average molecular weight is 293 g/mol. The monoisotopic (exact) mass is 293 g/mol. The van der Waals surface area contributed by atoms with E-state index in [4.69, 9.17) is 9.47 Å². The Hall–Kier alpha value is -1.39. The zero-order valence-electron chi connectivity index (χ0n) is 13.4. The van der Waals surface area contributed by atoms with Crippen LogP contribution in [0.25, 0.3) is 0 Å². The van der Waals surface area contributed by atoms with Gasteiger partial charge in [0.25, 0.3) is 0 Å². The van der Waals surface area contributed by atoms with E-state index in [1.165, 1.54) is 11.1 Å². The van der Waals surface area contributed by atoms with Gasteiger partial charge in [-0.1, -0.05) is 29.8 Å². The second-order valence-corrected chi connectivity index (χ2v) is 5.20. The van der Waals surface area contributed by atoms with Crippen molar-refractivity contribution in [3.05, 3.63) is 35.4 Å².